The average molecular weight is 219 g/mol. The van der Waals surface area contributed by atoms with Gasteiger partial charge in [-0.05, 0) is 62.4 Å². The Bertz CT molecular complexity index is 316. The quantitative estimate of drug-likeness (QED) is 0.794. The summed E-state index contributed by atoms with van der Waals surface area (Å²) in [5.74, 6) is 2.60. The van der Waals surface area contributed by atoms with E-state index in [1.807, 2.05) is 7.05 Å². The van der Waals surface area contributed by atoms with Crippen LogP contribution in [0.4, 0.5) is 0 Å². The molecule has 0 saturated heterocycles. The Kier molecular flexibility index (Phi) is 3.83. The molecule has 2 rings (SSSR count). The maximum absolute atomic E-state index is 5.19. The Balaban J connectivity index is 2.05. The topological polar surface area (TPSA) is 21.3 Å². The molecule has 0 heterocycles. The van der Waals surface area contributed by atoms with Crippen molar-refractivity contribution >= 4 is 0 Å². The summed E-state index contributed by atoms with van der Waals surface area (Å²) in [6.07, 6.45) is 4.05. The van der Waals surface area contributed by atoms with Crippen molar-refractivity contribution in [2.45, 2.75) is 25.2 Å². The Morgan fingerprint density at radius 3 is 2.50 bits per heavy atom. The number of hydrogen-bond donors (Lipinski definition) is 1. The van der Waals surface area contributed by atoms with Gasteiger partial charge in [-0.15, -0.1) is 0 Å². The molecular formula is C14H21NO. The van der Waals surface area contributed by atoms with Crippen molar-refractivity contribution in [2.75, 3.05) is 20.7 Å². The van der Waals surface area contributed by atoms with E-state index in [1.54, 1.807) is 7.11 Å². The van der Waals surface area contributed by atoms with Crippen LogP contribution in [-0.4, -0.2) is 20.7 Å². The van der Waals surface area contributed by atoms with Gasteiger partial charge in [0, 0.05) is 0 Å². The number of methoxy groups -OCH3 is 1. The monoisotopic (exact) mass is 219 g/mol. The van der Waals surface area contributed by atoms with Crippen molar-refractivity contribution in [1.29, 1.82) is 0 Å². The lowest BCUT2D eigenvalue weighted by molar-refractivity contribution is 0.414. The molecule has 1 saturated carbocycles. The lowest BCUT2D eigenvalue weighted by atomic mass is 9.91. The van der Waals surface area contributed by atoms with E-state index >= 15 is 0 Å². The predicted molar refractivity (Wildman–Crippen MR) is 67.0 cm³/mol. The molecule has 0 spiro atoms. The van der Waals surface area contributed by atoms with Gasteiger partial charge in [0.15, 0.2) is 0 Å². The van der Waals surface area contributed by atoms with Gasteiger partial charge in [0.1, 0.15) is 5.75 Å². The SMILES string of the molecule is CNCCC(c1ccc(OC)cc1)C1CC1. The molecule has 0 aromatic heterocycles. The van der Waals surface area contributed by atoms with Crippen LogP contribution in [-0.2, 0) is 0 Å². The average Bonchev–Trinajstić information content (AvgIpc) is 3.15. The zero-order valence-corrected chi connectivity index (χ0v) is 10.2. The summed E-state index contributed by atoms with van der Waals surface area (Å²) >= 11 is 0. The second-order valence-corrected chi connectivity index (χ2v) is 4.61. The largest absolute Gasteiger partial charge is 0.497 e. The van der Waals surface area contributed by atoms with Crippen molar-refractivity contribution in [3.8, 4) is 5.75 Å². The molecule has 2 heteroatoms. The molecule has 1 aromatic carbocycles. The molecule has 1 aliphatic carbocycles. The van der Waals surface area contributed by atoms with Crippen LogP contribution in [0.25, 0.3) is 0 Å². The normalized spacial score (nSPS) is 17.1. The minimum atomic E-state index is 0.735. The molecule has 1 fully saturated rings. The van der Waals surface area contributed by atoms with E-state index in [-0.39, 0.29) is 0 Å². The van der Waals surface area contributed by atoms with E-state index in [0.717, 1.165) is 24.1 Å². The van der Waals surface area contributed by atoms with Crippen LogP contribution in [0.3, 0.4) is 0 Å². The molecule has 0 bridgehead atoms. The summed E-state index contributed by atoms with van der Waals surface area (Å²) in [7, 11) is 3.74. The fourth-order valence-corrected chi connectivity index (χ4v) is 2.32. The molecule has 0 aliphatic heterocycles. The van der Waals surface area contributed by atoms with E-state index in [4.69, 9.17) is 4.74 Å². The summed E-state index contributed by atoms with van der Waals surface area (Å²) in [5.41, 5.74) is 1.47. The molecule has 2 nitrogen and oxygen atoms in total. The van der Waals surface area contributed by atoms with Crippen LogP contribution in [0.5, 0.6) is 5.75 Å². The van der Waals surface area contributed by atoms with Gasteiger partial charge in [0.25, 0.3) is 0 Å². The van der Waals surface area contributed by atoms with Crippen LogP contribution in [0.1, 0.15) is 30.7 Å². The molecule has 1 aromatic rings. The summed E-state index contributed by atoms with van der Waals surface area (Å²) in [4.78, 5) is 0. The predicted octanol–water partition coefficient (Wildman–Crippen LogP) is 2.80. The van der Waals surface area contributed by atoms with E-state index in [2.05, 4.69) is 29.6 Å². The highest BCUT2D eigenvalue weighted by atomic mass is 16.5. The molecule has 0 amide bonds. The van der Waals surface area contributed by atoms with Crippen molar-refractivity contribution in [3.63, 3.8) is 0 Å². The Labute approximate surface area is 98.0 Å². The van der Waals surface area contributed by atoms with E-state index in [9.17, 15) is 0 Å². The molecule has 88 valence electrons. The zero-order chi connectivity index (χ0) is 11.4. The zero-order valence-electron chi connectivity index (χ0n) is 10.2. The van der Waals surface area contributed by atoms with Crippen LogP contribution in [0.2, 0.25) is 0 Å². The first-order valence-corrected chi connectivity index (χ1v) is 6.13. The highest BCUT2D eigenvalue weighted by Gasteiger charge is 2.31. The fraction of sp³-hybridized carbons (Fsp3) is 0.571. The first-order valence-electron chi connectivity index (χ1n) is 6.13. The molecule has 16 heavy (non-hydrogen) atoms. The Hall–Kier alpha value is -1.02. The third-order valence-electron chi connectivity index (χ3n) is 3.44. The lowest BCUT2D eigenvalue weighted by Crippen LogP contribution is -2.13. The number of benzene rings is 1. The van der Waals surface area contributed by atoms with Crippen LogP contribution >= 0.6 is 0 Å². The summed E-state index contributed by atoms with van der Waals surface area (Å²) in [6.45, 7) is 1.10. The van der Waals surface area contributed by atoms with Crippen molar-refractivity contribution in [1.82, 2.24) is 5.32 Å². The lowest BCUT2D eigenvalue weighted by Gasteiger charge is -2.16. The number of nitrogens with one attached hydrogen (secondary N) is 1. The fourth-order valence-electron chi connectivity index (χ4n) is 2.32. The highest BCUT2D eigenvalue weighted by Crippen LogP contribution is 2.44. The van der Waals surface area contributed by atoms with Gasteiger partial charge in [-0.3, -0.25) is 0 Å². The summed E-state index contributed by atoms with van der Waals surface area (Å²) in [5, 5.41) is 3.25. The smallest absolute Gasteiger partial charge is 0.118 e. The van der Waals surface area contributed by atoms with Gasteiger partial charge >= 0.3 is 0 Å². The minimum absolute atomic E-state index is 0.735. The molecule has 0 radical (unpaired) electrons. The first-order chi connectivity index (χ1) is 7.85. The maximum atomic E-state index is 5.19. The second kappa shape index (κ2) is 5.35. The van der Waals surface area contributed by atoms with Crippen molar-refractivity contribution in [2.24, 2.45) is 5.92 Å². The van der Waals surface area contributed by atoms with Gasteiger partial charge in [0.2, 0.25) is 0 Å². The van der Waals surface area contributed by atoms with Gasteiger partial charge in [-0.2, -0.15) is 0 Å². The van der Waals surface area contributed by atoms with Gasteiger partial charge in [-0.25, -0.2) is 0 Å². The van der Waals surface area contributed by atoms with Crippen LogP contribution in [0, 0.1) is 5.92 Å². The Morgan fingerprint density at radius 2 is 2.00 bits per heavy atom. The molecule has 1 unspecified atom stereocenters. The van der Waals surface area contributed by atoms with Gasteiger partial charge in [0.05, 0.1) is 7.11 Å². The third kappa shape index (κ3) is 2.76. The van der Waals surface area contributed by atoms with Gasteiger partial charge < -0.3 is 10.1 Å². The highest BCUT2D eigenvalue weighted by molar-refractivity contribution is 5.30. The summed E-state index contributed by atoms with van der Waals surface area (Å²) < 4.78 is 5.19. The Morgan fingerprint density at radius 1 is 1.31 bits per heavy atom. The van der Waals surface area contributed by atoms with Crippen LogP contribution in [0.15, 0.2) is 24.3 Å². The third-order valence-corrected chi connectivity index (χ3v) is 3.44. The summed E-state index contributed by atoms with van der Waals surface area (Å²) in [6, 6.07) is 8.59. The molecule has 1 N–H and O–H groups in total. The van der Waals surface area contributed by atoms with Crippen molar-refractivity contribution in [3.05, 3.63) is 29.8 Å². The van der Waals surface area contributed by atoms with Crippen molar-refractivity contribution < 1.29 is 4.74 Å². The number of rotatable bonds is 6. The van der Waals surface area contributed by atoms with E-state index < -0.39 is 0 Å². The molecular weight excluding hydrogens is 198 g/mol. The second-order valence-electron chi connectivity index (χ2n) is 4.61. The first kappa shape index (κ1) is 11.5. The van der Waals surface area contributed by atoms with Crippen LogP contribution < -0.4 is 10.1 Å². The number of ether oxygens (including phenoxy) is 1. The molecule has 1 atom stereocenters. The van der Waals surface area contributed by atoms with E-state index in [1.165, 1.54) is 24.8 Å². The number of hydrogen-bond acceptors (Lipinski definition) is 2. The minimum Gasteiger partial charge on any atom is -0.497 e. The maximum Gasteiger partial charge on any atom is 0.118 e. The van der Waals surface area contributed by atoms with Gasteiger partial charge in [-0.1, -0.05) is 12.1 Å². The van der Waals surface area contributed by atoms with E-state index in [0.29, 0.717) is 0 Å². The standard InChI is InChI=1S/C14H21NO/c1-15-10-9-14(11-3-4-11)12-5-7-13(16-2)8-6-12/h5-8,11,14-15H,3-4,9-10H2,1-2H3. The molecule has 1 aliphatic rings.